The fourth-order valence-corrected chi connectivity index (χ4v) is 3.04. The number of rotatable bonds is 12. The van der Waals surface area contributed by atoms with Crippen molar-refractivity contribution in [1.82, 2.24) is 0 Å². The highest BCUT2D eigenvalue weighted by molar-refractivity contribution is 6.03. The van der Waals surface area contributed by atoms with Crippen molar-refractivity contribution in [3.63, 3.8) is 0 Å². The van der Waals surface area contributed by atoms with Crippen LogP contribution in [0.25, 0.3) is 17.0 Å². The lowest BCUT2D eigenvalue weighted by Crippen LogP contribution is -2.23. The van der Waals surface area contributed by atoms with Crippen molar-refractivity contribution >= 4 is 28.8 Å². The molecule has 1 aromatic heterocycles. The average molecular weight is 388 g/mol. The number of carbonyl (C=O) groups excluding carboxylic acids is 1. The number of fused-ring (bicyclic) bond motifs is 1. The van der Waals surface area contributed by atoms with Crippen LogP contribution >= 0.6 is 0 Å². The number of para-hydroxylation sites is 1. The normalized spacial score (nSPS) is 13.8. The summed E-state index contributed by atoms with van der Waals surface area (Å²) in [4.78, 5) is 23.1. The second kappa shape index (κ2) is 10.8. The number of aliphatic carboxylic acids is 1. The molecule has 0 amide bonds. The first-order valence-corrected chi connectivity index (χ1v) is 9.74. The van der Waals surface area contributed by atoms with Gasteiger partial charge in [-0.2, -0.15) is 0 Å². The minimum absolute atomic E-state index is 0.0593. The molecule has 0 spiro atoms. The molecule has 152 valence electrons. The standard InChI is InChI=1S/C22H28O6/c1-2-3-4-9-19(25)22-16(15-8-5-6-11-20(15)28-22)13-14-18(24)17(23)10-7-12-21(26)27/h5-6,8,11,13-14,17-18,23-24H,2-4,7,9-10,12H2,1H3,(H,26,27)/b14-13+/t17-,18+/m0/s1. The number of benzene rings is 1. The molecule has 2 rings (SSSR count). The number of furan rings is 1. The minimum atomic E-state index is -1.16. The van der Waals surface area contributed by atoms with Crippen molar-refractivity contribution in [3.8, 4) is 0 Å². The first kappa shape index (κ1) is 21.9. The third-order valence-corrected chi connectivity index (χ3v) is 4.64. The van der Waals surface area contributed by atoms with Crippen LogP contribution in [-0.4, -0.2) is 39.3 Å². The van der Waals surface area contributed by atoms with Crippen LogP contribution in [-0.2, 0) is 4.79 Å². The summed E-state index contributed by atoms with van der Waals surface area (Å²) in [6, 6.07) is 7.30. The molecule has 0 radical (unpaired) electrons. The Morgan fingerprint density at radius 1 is 1.11 bits per heavy atom. The Morgan fingerprint density at radius 3 is 2.57 bits per heavy atom. The third-order valence-electron chi connectivity index (χ3n) is 4.64. The quantitative estimate of drug-likeness (QED) is 0.372. The number of carbonyl (C=O) groups is 2. The zero-order chi connectivity index (χ0) is 20.5. The molecule has 6 nitrogen and oxygen atoms in total. The fraction of sp³-hybridized carbons (Fsp3) is 0.455. The first-order valence-electron chi connectivity index (χ1n) is 9.74. The lowest BCUT2D eigenvalue weighted by atomic mass is 10.0. The first-order chi connectivity index (χ1) is 13.4. The number of Topliss-reactive ketones (excluding diaryl/α,β-unsaturated/α-hetero) is 1. The van der Waals surface area contributed by atoms with E-state index in [2.05, 4.69) is 6.92 Å². The van der Waals surface area contributed by atoms with E-state index in [1.54, 1.807) is 12.1 Å². The maximum absolute atomic E-state index is 12.6. The van der Waals surface area contributed by atoms with E-state index in [9.17, 15) is 19.8 Å². The molecule has 0 aliphatic rings. The van der Waals surface area contributed by atoms with Crippen LogP contribution in [0.3, 0.4) is 0 Å². The number of hydrogen-bond donors (Lipinski definition) is 3. The lowest BCUT2D eigenvalue weighted by molar-refractivity contribution is -0.137. The van der Waals surface area contributed by atoms with E-state index in [1.165, 1.54) is 6.08 Å². The van der Waals surface area contributed by atoms with Crippen LogP contribution in [0.2, 0.25) is 0 Å². The molecule has 1 aromatic carbocycles. The van der Waals surface area contributed by atoms with Gasteiger partial charge in [0.15, 0.2) is 11.5 Å². The summed E-state index contributed by atoms with van der Waals surface area (Å²) >= 11 is 0. The van der Waals surface area contributed by atoms with Gasteiger partial charge < -0.3 is 19.7 Å². The SMILES string of the molecule is CCCCCC(=O)c1oc2ccccc2c1/C=C/[C@@H](O)[C@@H](O)CCCC(=O)O. The Hall–Kier alpha value is -2.44. The molecule has 28 heavy (non-hydrogen) atoms. The van der Waals surface area contributed by atoms with Crippen molar-refractivity contribution in [2.24, 2.45) is 0 Å². The van der Waals surface area contributed by atoms with E-state index in [1.807, 2.05) is 18.2 Å². The number of carboxylic acids is 1. The van der Waals surface area contributed by atoms with Crippen LogP contribution in [0.1, 0.15) is 68.0 Å². The smallest absolute Gasteiger partial charge is 0.303 e. The van der Waals surface area contributed by atoms with Crippen LogP contribution in [0.4, 0.5) is 0 Å². The summed E-state index contributed by atoms with van der Waals surface area (Å²) in [6.07, 6.45) is 4.36. The van der Waals surface area contributed by atoms with Crippen molar-refractivity contribution < 1.29 is 29.3 Å². The molecular formula is C22H28O6. The molecule has 0 saturated carbocycles. The Kier molecular flexibility index (Phi) is 8.42. The summed E-state index contributed by atoms with van der Waals surface area (Å²) in [5.74, 6) is -0.754. The minimum Gasteiger partial charge on any atom is -0.481 e. The van der Waals surface area contributed by atoms with Crippen LogP contribution in [0.5, 0.6) is 0 Å². The van der Waals surface area contributed by atoms with E-state index in [-0.39, 0.29) is 30.8 Å². The topological polar surface area (TPSA) is 108 Å². The van der Waals surface area contributed by atoms with Gasteiger partial charge in [0.25, 0.3) is 0 Å². The van der Waals surface area contributed by atoms with E-state index in [0.29, 0.717) is 17.6 Å². The van der Waals surface area contributed by atoms with Gasteiger partial charge in [-0.25, -0.2) is 0 Å². The zero-order valence-corrected chi connectivity index (χ0v) is 16.1. The average Bonchev–Trinajstić information content (AvgIpc) is 3.04. The molecule has 1 heterocycles. The molecule has 3 N–H and O–H groups in total. The van der Waals surface area contributed by atoms with Gasteiger partial charge in [0.1, 0.15) is 5.58 Å². The molecule has 0 fully saturated rings. The monoisotopic (exact) mass is 388 g/mol. The fourth-order valence-electron chi connectivity index (χ4n) is 3.04. The molecular weight excluding hydrogens is 360 g/mol. The van der Waals surface area contributed by atoms with E-state index in [4.69, 9.17) is 9.52 Å². The van der Waals surface area contributed by atoms with Gasteiger partial charge in [-0.1, -0.05) is 50.1 Å². The highest BCUT2D eigenvalue weighted by atomic mass is 16.4. The summed E-state index contributed by atoms with van der Waals surface area (Å²) in [5, 5.41) is 29.6. The van der Waals surface area contributed by atoms with Crippen LogP contribution in [0.15, 0.2) is 34.8 Å². The van der Waals surface area contributed by atoms with Gasteiger partial charge in [0.2, 0.25) is 0 Å². The molecule has 0 bridgehead atoms. The van der Waals surface area contributed by atoms with Crippen LogP contribution < -0.4 is 0 Å². The Bertz CT molecular complexity index is 820. The number of aliphatic hydroxyl groups excluding tert-OH is 2. The van der Waals surface area contributed by atoms with Crippen LogP contribution in [0, 0.1) is 0 Å². The number of hydrogen-bond acceptors (Lipinski definition) is 5. The van der Waals surface area contributed by atoms with Gasteiger partial charge in [-0.3, -0.25) is 9.59 Å². The maximum Gasteiger partial charge on any atom is 0.303 e. The summed E-state index contributed by atoms with van der Waals surface area (Å²) in [5.41, 5.74) is 1.19. The maximum atomic E-state index is 12.6. The summed E-state index contributed by atoms with van der Waals surface area (Å²) < 4.78 is 5.77. The molecule has 0 unspecified atom stereocenters. The summed E-state index contributed by atoms with van der Waals surface area (Å²) in [6.45, 7) is 2.07. The van der Waals surface area contributed by atoms with E-state index in [0.717, 1.165) is 24.6 Å². The molecule has 2 atom stereocenters. The zero-order valence-electron chi connectivity index (χ0n) is 16.1. The molecule has 0 aliphatic carbocycles. The Morgan fingerprint density at radius 2 is 1.86 bits per heavy atom. The van der Waals surface area contributed by atoms with Crippen molar-refractivity contribution in [2.45, 2.75) is 64.1 Å². The van der Waals surface area contributed by atoms with Crippen molar-refractivity contribution in [3.05, 3.63) is 41.7 Å². The van der Waals surface area contributed by atoms with Gasteiger partial charge in [0, 0.05) is 23.8 Å². The van der Waals surface area contributed by atoms with Gasteiger partial charge in [0.05, 0.1) is 12.2 Å². The van der Waals surface area contributed by atoms with Gasteiger partial charge in [-0.05, 0) is 25.3 Å². The van der Waals surface area contributed by atoms with E-state index < -0.39 is 18.2 Å². The van der Waals surface area contributed by atoms with Gasteiger partial charge in [-0.15, -0.1) is 0 Å². The highest BCUT2D eigenvalue weighted by Crippen LogP contribution is 2.29. The van der Waals surface area contributed by atoms with Crippen molar-refractivity contribution in [2.75, 3.05) is 0 Å². The molecule has 0 aliphatic heterocycles. The highest BCUT2D eigenvalue weighted by Gasteiger charge is 2.19. The van der Waals surface area contributed by atoms with Gasteiger partial charge >= 0.3 is 5.97 Å². The number of aliphatic hydroxyl groups is 2. The summed E-state index contributed by atoms with van der Waals surface area (Å²) in [7, 11) is 0. The second-order valence-electron chi connectivity index (χ2n) is 6.92. The third kappa shape index (κ3) is 6.04. The predicted octanol–water partition coefficient (Wildman–Crippen LogP) is 4.19. The second-order valence-corrected chi connectivity index (χ2v) is 6.92. The number of carboxylic acid groups (broad SMARTS) is 1. The predicted molar refractivity (Wildman–Crippen MR) is 107 cm³/mol. The van der Waals surface area contributed by atoms with Crippen molar-refractivity contribution in [1.29, 1.82) is 0 Å². The molecule has 0 saturated heterocycles. The Labute approximate surface area is 164 Å². The van der Waals surface area contributed by atoms with E-state index >= 15 is 0 Å². The number of unbranched alkanes of at least 4 members (excludes halogenated alkanes) is 2. The Balaban J connectivity index is 2.17. The molecule has 2 aromatic rings. The number of ketones is 1. The largest absolute Gasteiger partial charge is 0.481 e. The molecule has 6 heteroatoms. The lowest BCUT2D eigenvalue weighted by Gasteiger charge is -2.13.